The van der Waals surface area contributed by atoms with Crippen molar-refractivity contribution >= 4 is 11.8 Å². The molecular weight excluding hydrogens is 272 g/mol. The van der Waals surface area contributed by atoms with Crippen molar-refractivity contribution in [3.05, 3.63) is 28.8 Å². The van der Waals surface area contributed by atoms with Gasteiger partial charge >= 0.3 is 5.97 Å². The first-order valence-corrected chi connectivity index (χ1v) is 6.87. The first kappa shape index (κ1) is 15.3. The number of ether oxygens (including phenoxy) is 1. The largest absolute Gasteiger partial charge is 0.461 e. The van der Waals surface area contributed by atoms with Gasteiger partial charge in [0, 0.05) is 31.4 Å². The lowest BCUT2D eigenvalue weighted by Crippen LogP contribution is -2.32. The van der Waals surface area contributed by atoms with Gasteiger partial charge in [0.05, 0.1) is 6.61 Å². The maximum atomic E-state index is 12.6. The molecule has 1 aromatic heterocycles. The minimum Gasteiger partial charge on any atom is -0.461 e. The van der Waals surface area contributed by atoms with Crippen LogP contribution in [0.15, 0.2) is 16.3 Å². The van der Waals surface area contributed by atoms with Crippen LogP contribution in [-0.2, 0) is 11.2 Å². The Morgan fingerprint density at radius 2 is 2.14 bits per heavy atom. The van der Waals surface area contributed by atoms with Crippen LogP contribution in [0.4, 0.5) is 0 Å². The third-order valence-corrected chi connectivity index (χ3v) is 3.44. The molecule has 0 fully saturated rings. The third kappa shape index (κ3) is 2.70. The van der Waals surface area contributed by atoms with Crippen LogP contribution in [0.2, 0.25) is 0 Å². The van der Waals surface area contributed by atoms with Crippen molar-refractivity contribution in [1.82, 2.24) is 10.1 Å². The lowest BCUT2D eigenvalue weighted by atomic mass is 9.72. The molecule has 2 rings (SSSR count). The summed E-state index contributed by atoms with van der Waals surface area (Å²) in [5.41, 5.74) is 0.893. The van der Waals surface area contributed by atoms with Crippen LogP contribution in [0, 0.1) is 5.41 Å². The van der Waals surface area contributed by atoms with Crippen LogP contribution in [0.25, 0.3) is 0 Å². The van der Waals surface area contributed by atoms with Gasteiger partial charge in [0.15, 0.2) is 5.69 Å². The topological polar surface area (TPSA) is 72.6 Å². The summed E-state index contributed by atoms with van der Waals surface area (Å²) in [6, 6.07) is 0. The molecular formula is C15H20N2O4. The van der Waals surface area contributed by atoms with E-state index in [0.29, 0.717) is 17.6 Å². The fourth-order valence-corrected chi connectivity index (χ4v) is 2.47. The van der Waals surface area contributed by atoms with Gasteiger partial charge in [-0.15, -0.1) is 0 Å². The number of nitrogens with zero attached hydrogens (tertiary/aromatic N) is 2. The molecule has 1 aliphatic carbocycles. The Hall–Kier alpha value is -2.11. The number of hydrogen-bond donors (Lipinski definition) is 0. The fourth-order valence-electron chi connectivity index (χ4n) is 2.47. The minimum atomic E-state index is -0.550. The number of hydrogen-bond acceptors (Lipinski definition) is 6. The van der Waals surface area contributed by atoms with Crippen molar-refractivity contribution in [1.29, 1.82) is 0 Å². The van der Waals surface area contributed by atoms with Gasteiger partial charge in [-0.2, -0.15) is 0 Å². The molecule has 0 saturated heterocycles. The fraction of sp³-hybridized carbons (Fsp3) is 0.533. The molecule has 0 unspecified atom stereocenters. The lowest BCUT2D eigenvalue weighted by Gasteiger charge is -2.31. The van der Waals surface area contributed by atoms with Crippen molar-refractivity contribution in [3.63, 3.8) is 0 Å². The van der Waals surface area contributed by atoms with Crippen molar-refractivity contribution in [3.8, 4) is 0 Å². The van der Waals surface area contributed by atoms with E-state index in [-0.39, 0.29) is 23.8 Å². The average molecular weight is 292 g/mol. The van der Waals surface area contributed by atoms with Gasteiger partial charge in [0.2, 0.25) is 11.5 Å². The quantitative estimate of drug-likeness (QED) is 0.627. The number of Topliss-reactive ketones (excluding diaryl/α,β-unsaturated/α-hetero) is 1. The number of esters is 1. The predicted octanol–water partition coefficient (Wildman–Crippen LogP) is 2.06. The molecule has 6 nitrogen and oxygen atoms in total. The second-order valence-electron chi connectivity index (χ2n) is 5.96. The summed E-state index contributed by atoms with van der Waals surface area (Å²) in [7, 11) is 3.71. The Kier molecular flexibility index (Phi) is 3.89. The van der Waals surface area contributed by atoms with Crippen molar-refractivity contribution < 1.29 is 18.8 Å². The number of carbonyl (C=O) groups excluding carboxylic acids is 2. The highest BCUT2D eigenvalue weighted by Gasteiger charge is 2.42. The summed E-state index contributed by atoms with van der Waals surface area (Å²) in [6.45, 7) is 5.90. The lowest BCUT2D eigenvalue weighted by molar-refractivity contribution is 0.0513. The molecule has 0 spiro atoms. The minimum absolute atomic E-state index is 0.108. The molecule has 1 heterocycles. The smallest absolute Gasteiger partial charge is 0.360 e. The normalized spacial score (nSPS) is 18.5. The summed E-state index contributed by atoms with van der Waals surface area (Å²) >= 11 is 0. The Balaban J connectivity index is 2.50. The number of carbonyl (C=O) groups is 2. The van der Waals surface area contributed by atoms with Crippen molar-refractivity contribution in [2.75, 3.05) is 20.7 Å². The second-order valence-corrected chi connectivity index (χ2v) is 5.96. The van der Waals surface area contributed by atoms with Gasteiger partial charge in [0.1, 0.15) is 0 Å². The molecule has 0 bridgehead atoms. The molecule has 0 N–H and O–H groups in total. The molecule has 0 atom stereocenters. The number of aromatic nitrogens is 1. The van der Waals surface area contributed by atoms with Gasteiger partial charge in [-0.25, -0.2) is 4.79 Å². The van der Waals surface area contributed by atoms with E-state index in [1.165, 1.54) is 0 Å². The molecule has 114 valence electrons. The van der Waals surface area contributed by atoms with Gasteiger partial charge in [-0.05, 0) is 18.8 Å². The Morgan fingerprint density at radius 1 is 1.48 bits per heavy atom. The number of rotatable bonds is 3. The first-order chi connectivity index (χ1) is 9.77. The van der Waals surface area contributed by atoms with Gasteiger partial charge < -0.3 is 14.2 Å². The van der Waals surface area contributed by atoms with E-state index < -0.39 is 11.4 Å². The zero-order valence-electron chi connectivity index (χ0n) is 13.0. The highest BCUT2D eigenvalue weighted by atomic mass is 16.5. The maximum absolute atomic E-state index is 12.6. The van der Waals surface area contributed by atoms with E-state index in [9.17, 15) is 9.59 Å². The van der Waals surface area contributed by atoms with Crippen LogP contribution in [-0.4, -0.2) is 42.5 Å². The summed E-state index contributed by atoms with van der Waals surface area (Å²) in [6.07, 6.45) is 2.29. The number of fused-ring (bicyclic) bond motifs is 1. The van der Waals surface area contributed by atoms with E-state index in [4.69, 9.17) is 9.26 Å². The Labute approximate surface area is 123 Å². The standard InChI is InChI=1S/C15H20N2O4/c1-6-20-14(19)11-9-7-15(2,3)10(8-17(4)5)12(18)13(9)21-16-11/h8H,6-7H2,1-5H3/b10-8+. The molecule has 0 aliphatic heterocycles. The average Bonchev–Trinajstić information content (AvgIpc) is 2.77. The highest BCUT2D eigenvalue weighted by Crippen LogP contribution is 2.40. The maximum Gasteiger partial charge on any atom is 0.360 e. The Morgan fingerprint density at radius 3 is 2.71 bits per heavy atom. The van der Waals surface area contributed by atoms with Crippen molar-refractivity contribution in [2.45, 2.75) is 27.2 Å². The van der Waals surface area contributed by atoms with E-state index in [1.54, 1.807) is 13.1 Å². The summed E-state index contributed by atoms with van der Waals surface area (Å²) in [5, 5.41) is 3.73. The van der Waals surface area contributed by atoms with Gasteiger partial charge in [-0.3, -0.25) is 4.79 Å². The van der Waals surface area contributed by atoms with Crippen LogP contribution in [0.5, 0.6) is 0 Å². The zero-order chi connectivity index (χ0) is 15.8. The molecule has 0 saturated carbocycles. The molecule has 0 aromatic carbocycles. The first-order valence-electron chi connectivity index (χ1n) is 6.87. The van der Waals surface area contributed by atoms with E-state index in [1.807, 2.05) is 32.8 Å². The SMILES string of the molecule is CCOC(=O)c1noc2c1CC(C)(C)/C(=C/N(C)C)C2=O. The molecule has 6 heteroatoms. The van der Waals surface area contributed by atoms with Crippen molar-refractivity contribution in [2.24, 2.45) is 5.41 Å². The molecule has 1 aliphatic rings. The van der Waals surface area contributed by atoms with Crippen LogP contribution in [0.1, 0.15) is 47.4 Å². The van der Waals surface area contributed by atoms with Gasteiger partial charge in [-0.1, -0.05) is 19.0 Å². The monoisotopic (exact) mass is 292 g/mol. The molecule has 1 aromatic rings. The zero-order valence-corrected chi connectivity index (χ0v) is 13.0. The van der Waals surface area contributed by atoms with E-state index in [2.05, 4.69) is 5.16 Å². The van der Waals surface area contributed by atoms with E-state index in [0.717, 1.165) is 0 Å². The number of allylic oxidation sites excluding steroid dienone is 1. The van der Waals surface area contributed by atoms with Crippen LogP contribution < -0.4 is 0 Å². The van der Waals surface area contributed by atoms with Crippen LogP contribution >= 0.6 is 0 Å². The van der Waals surface area contributed by atoms with Crippen LogP contribution in [0.3, 0.4) is 0 Å². The van der Waals surface area contributed by atoms with Gasteiger partial charge in [0.25, 0.3) is 0 Å². The molecule has 0 radical (unpaired) electrons. The number of ketones is 1. The summed E-state index contributed by atoms with van der Waals surface area (Å²) in [4.78, 5) is 26.3. The second kappa shape index (κ2) is 5.35. The van der Waals surface area contributed by atoms with E-state index >= 15 is 0 Å². The highest BCUT2D eigenvalue weighted by molar-refractivity contribution is 6.11. The molecule has 0 amide bonds. The third-order valence-electron chi connectivity index (χ3n) is 3.44. The Bertz CT molecular complexity index is 611. The molecule has 21 heavy (non-hydrogen) atoms. The summed E-state index contributed by atoms with van der Waals surface area (Å²) in [5.74, 6) is -0.630. The predicted molar refractivity (Wildman–Crippen MR) is 76.0 cm³/mol. The summed E-state index contributed by atoms with van der Waals surface area (Å²) < 4.78 is 10.1.